The molecule has 2 aliphatic heterocycles. The first-order valence-corrected chi connectivity index (χ1v) is 11.2. The molecule has 1 amide bonds. The van der Waals surface area contributed by atoms with E-state index in [1.54, 1.807) is 17.2 Å². The zero-order valence-electron chi connectivity index (χ0n) is 18.3. The quantitative estimate of drug-likeness (QED) is 0.746. The van der Waals surface area contributed by atoms with E-state index in [1.807, 2.05) is 0 Å². The van der Waals surface area contributed by atoms with E-state index in [-0.39, 0.29) is 24.2 Å². The number of carbonyl (C=O) groups excluding carboxylic acids is 1. The summed E-state index contributed by atoms with van der Waals surface area (Å²) < 4.78 is 13.9. The molecule has 1 radical (unpaired) electrons. The predicted molar refractivity (Wildman–Crippen MR) is 118 cm³/mol. The lowest BCUT2D eigenvalue weighted by Gasteiger charge is -2.31. The molecule has 0 saturated carbocycles. The third kappa shape index (κ3) is 3.81. The van der Waals surface area contributed by atoms with Gasteiger partial charge in [-0.25, -0.2) is 4.98 Å². The highest BCUT2D eigenvalue weighted by atomic mass is 16.7. The van der Waals surface area contributed by atoms with E-state index in [4.69, 9.17) is 9.47 Å². The number of carbonyl (C=O) groups is 1. The first kappa shape index (κ1) is 20.7. The maximum atomic E-state index is 13.5. The molecular weight excluding hydrogens is 393 g/mol. The van der Waals surface area contributed by atoms with Crippen LogP contribution < -0.4 is 10.4 Å². The van der Waals surface area contributed by atoms with Gasteiger partial charge in [-0.15, -0.1) is 0 Å². The Morgan fingerprint density at radius 2 is 2.19 bits per heavy atom. The summed E-state index contributed by atoms with van der Waals surface area (Å²) in [5, 5.41) is 9.78. The van der Waals surface area contributed by atoms with Gasteiger partial charge in [-0.3, -0.25) is 9.69 Å². The smallest absolute Gasteiger partial charge is 0.327 e. The molecule has 0 bridgehead atoms. The molecule has 1 saturated heterocycles. The van der Waals surface area contributed by atoms with Gasteiger partial charge in [0.05, 0.1) is 6.61 Å². The first-order valence-electron chi connectivity index (χ1n) is 11.2. The highest BCUT2D eigenvalue weighted by Gasteiger charge is 2.37. The normalized spacial score (nSPS) is 22.4. The molecule has 3 aliphatic rings. The molecule has 1 aliphatic carbocycles. The Kier molecular flexibility index (Phi) is 5.40. The van der Waals surface area contributed by atoms with Gasteiger partial charge < -0.3 is 19.1 Å². The van der Waals surface area contributed by atoms with Crippen molar-refractivity contribution in [1.29, 1.82) is 0 Å². The summed E-state index contributed by atoms with van der Waals surface area (Å²) in [4.78, 5) is 19.7. The molecule has 4 heterocycles. The molecule has 163 valence electrons. The molecule has 1 unspecified atom stereocenters. The molecule has 2 aromatic heterocycles. The van der Waals surface area contributed by atoms with Gasteiger partial charge >= 0.3 is 7.48 Å². The molecule has 0 spiro atoms. The van der Waals surface area contributed by atoms with Crippen molar-refractivity contribution in [1.82, 2.24) is 9.55 Å². The molecule has 2 aromatic rings. The monoisotopic (exact) mass is 422 g/mol. The Balaban J connectivity index is 1.42. The van der Waals surface area contributed by atoms with Crippen LogP contribution >= 0.6 is 0 Å². The second-order valence-corrected chi connectivity index (χ2v) is 9.57. The number of nitrogens with zero attached hydrogens (tertiary/aromatic N) is 3. The van der Waals surface area contributed by atoms with Crippen molar-refractivity contribution in [3.05, 3.63) is 40.8 Å². The highest BCUT2D eigenvalue weighted by Crippen LogP contribution is 2.39. The number of pyridine rings is 1. The van der Waals surface area contributed by atoms with Crippen molar-refractivity contribution in [2.75, 3.05) is 18.1 Å². The number of ether oxygens (including phenoxy) is 2. The fraction of sp³-hybridized carbons (Fsp3) is 0.565. The van der Waals surface area contributed by atoms with Gasteiger partial charge in [0, 0.05) is 37.2 Å². The average molecular weight is 422 g/mol. The molecule has 0 aromatic carbocycles. The zero-order valence-corrected chi connectivity index (χ0v) is 18.3. The third-order valence-corrected chi connectivity index (χ3v) is 6.64. The van der Waals surface area contributed by atoms with E-state index in [9.17, 15) is 9.82 Å². The van der Waals surface area contributed by atoms with Crippen molar-refractivity contribution >= 4 is 24.7 Å². The molecule has 1 N–H and O–H groups in total. The van der Waals surface area contributed by atoms with Crippen LogP contribution in [0.25, 0.3) is 0 Å². The van der Waals surface area contributed by atoms with Crippen molar-refractivity contribution in [3.8, 4) is 0 Å². The standard InChI is InChI=1S/C23H29BN3O4/c1-23(2)12-15-11-18-22(28)27(9-8-26(18)19(15)13-23)21-16(17(24-29)6-7-25-21)14-31-20-5-3-4-10-30-20/h6-7,11,20,29H,3-5,8-10,12-14H2,1-2H3. The van der Waals surface area contributed by atoms with Gasteiger partial charge in [0.25, 0.3) is 5.91 Å². The number of hydrogen-bond acceptors (Lipinski definition) is 5. The fourth-order valence-corrected chi connectivity index (χ4v) is 5.13. The number of fused-ring (bicyclic) bond motifs is 3. The second-order valence-electron chi connectivity index (χ2n) is 9.57. The number of hydrogen-bond donors (Lipinski definition) is 1. The summed E-state index contributed by atoms with van der Waals surface area (Å²) in [6.07, 6.45) is 6.36. The average Bonchev–Trinajstić information content (AvgIpc) is 3.25. The van der Waals surface area contributed by atoms with Gasteiger partial charge in [0.15, 0.2) is 6.29 Å². The van der Waals surface area contributed by atoms with Crippen LogP contribution in [0.5, 0.6) is 0 Å². The van der Waals surface area contributed by atoms with Gasteiger partial charge in [0.2, 0.25) is 0 Å². The zero-order chi connectivity index (χ0) is 21.6. The number of anilines is 1. The van der Waals surface area contributed by atoms with Crippen LogP contribution in [0.3, 0.4) is 0 Å². The summed E-state index contributed by atoms with van der Waals surface area (Å²) in [6, 6.07) is 3.80. The van der Waals surface area contributed by atoms with Crippen molar-refractivity contribution < 1.29 is 19.3 Å². The van der Waals surface area contributed by atoms with E-state index in [1.165, 1.54) is 11.3 Å². The van der Waals surface area contributed by atoms with E-state index < -0.39 is 0 Å². The minimum absolute atomic E-state index is 0.0452. The van der Waals surface area contributed by atoms with Gasteiger partial charge in [0.1, 0.15) is 11.5 Å². The highest BCUT2D eigenvalue weighted by molar-refractivity contribution is 6.46. The van der Waals surface area contributed by atoms with Crippen LogP contribution in [-0.2, 0) is 35.5 Å². The Bertz CT molecular complexity index is 997. The van der Waals surface area contributed by atoms with Crippen LogP contribution in [0, 0.1) is 5.41 Å². The van der Waals surface area contributed by atoms with Gasteiger partial charge in [-0.2, -0.15) is 0 Å². The topological polar surface area (TPSA) is 76.8 Å². The van der Waals surface area contributed by atoms with Crippen LogP contribution in [0.2, 0.25) is 0 Å². The Labute approximate surface area is 183 Å². The molecule has 31 heavy (non-hydrogen) atoms. The maximum absolute atomic E-state index is 13.5. The summed E-state index contributed by atoms with van der Waals surface area (Å²) in [5.74, 6) is 0.507. The largest absolute Gasteiger partial charge is 0.450 e. The Morgan fingerprint density at radius 3 is 2.97 bits per heavy atom. The summed E-state index contributed by atoms with van der Waals surface area (Å²) >= 11 is 0. The molecule has 1 fully saturated rings. The minimum Gasteiger partial charge on any atom is -0.450 e. The van der Waals surface area contributed by atoms with E-state index in [2.05, 4.69) is 29.5 Å². The van der Waals surface area contributed by atoms with E-state index >= 15 is 0 Å². The lowest BCUT2D eigenvalue weighted by atomic mass is 9.85. The first-order chi connectivity index (χ1) is 15.0. The summed E-state index contributed by atoms with van der Waals surface area (Å²) in [7, 11) is 1.05. The van der Waals surface area contributed by atoms with Crippen LogP contribution in [-0.4, -0.2) is 47.4 Å². The molecule has 8 heteroatoms. The van der Waals surface area contributed by atoms with Crippen molar-refractivity contribution in [2.24, 2.45) is 5.41 Å². The molecule has 7 nitrogen and oxygen atoms in total. The second kappa shape index (κ2) is 8.08. The lowest BCUT2D eigenvalue weighted by Crippen LogP contribution is -2.42. The summed E-state index contributed by atoms with van der Waals surface area (Å²) in [6.45, 7) is 6.78. The van der Waals surface area contributed by atoms with Crippen molar-refractivity contribution in [3.63, 3.8) is 0 Å². The Hall–Kier alpha value is -2.16. The van der Waals surface area contributed by atoms with Crippen molar-refractivity contribution in [2.45, 2.75) is 65.4 Å². The molecule has 1 atom stereocenters. The molecular formula is C23H29BN3O4. The van der Waals surface area contributed by atoms with Gasteiger partial charge in [-0.1, -0.05) is 13.8 Å². The number of aromatic nitrogens is 2. The minimum atomic E-state index is -0.256. The maximum Gasteiger partial charge on any atom is 0.327 e. The van der Waals surface area contributed by atoms with Crippen LogP contribution in [0.15, 0.2) is 18.3 Å². The molecule has 5 rings (SSSR count). The van der Waals surface area contributed by atoms with E-state index in [0.29, 0.717) is 30.0 Å². The predicted octanol–water partition coefficient (Wildman–Crippen LogP) is 1.95. The van der Waals surface area contributed by atoms with Gasteiger partial charge in [-0.05, 0) is 60.7 Å². The van der Waals surface area contributed by atoms with E-state index in [0.717, 1.165) is 51.8 Å². The lowest BCUT2D eigenvalue weighted by molar-refractivity contribution is -0.168. The van der Waals surface area contributed by atoms with Crippen LogP contribution in [0.1, 0.15) is 60.4 Å². The SMILES string of the molecule is CC1(C)Cc2cc3n(c2C1)CCN(c1nccc([B]O)c1COC1CCCCO1)C3=O. The number of amides is 1. The number of rotatable bonds is 5. The summed E-state index contributed by atoms with van der Waals surface area (Å²) in [5.41, 5.74) is 4.90. The van der Waals surface area contributed by atoms with Crippen LogP contribution in [0.4, 0.5) is 5.82 Å². The fourth-order valence-electron chi connectivity index (χ4n) is 5.13. The third-order valence-electron chi connectivity index (χ3n) is 6.64. The Morgan fingerprint density at radius 1 is 1.32 bits per heavy atom.